The van der Waals surface area contributed by atoms with Crippen molar-refractivity contribution in [1.29, 1.82) is 0 Å². The molecule has 0 aliphatic heterocycles. The molecule has 0 saturated heterocycles. The van der Waals surface area contributed by atoms with Gasteiger partial charge in [-0.1, -0.05) is 56.3 Å². The highest BCUT2D eigenvalue weighted by atomic mass is 16.1. The second kappa shape index (κ2) is 9.86. The SMILES string of the molecule is CC.CC(NC(=O)c1ccc(Nc2nc3ccccc3n3nnnc23)cc1)c1ccccc1. The standard InChI is InChI=1S/C23H19N7O.C2H6/c1-15(16-7-3-2-4-8-16)24-23(31)17-11-13-18(14-12-17)25-21-22-27-28-29-30(22)20-10-6-5-9-19(20)26-21;1-2/h2-15H,1H3,(H,24,31)(H,25,26);1-2H3. The molecule has 0 radical (unpaired) electrons. The predicted molar refractivity (Wildman–Crippen MR) is 129 cm³/mol. The van der Waals surface area contributed by atoms with Crippen molar-refractivity contribution in [3.63, 3.8) is 0 Å². The molecule has 1 unspecified atom stereocenters. The second-order valence-corrected chi connectivity index (χ2v) is 7.17. The lowest BCUT2D eigenvalue weighted by molar-refractivity contribution is 0.0940. The molecule has 1 atom stereocenters. The Labute approximate surface area is 191 Å². The summed E-state index contributed by atoms with van der Waals surface area (Å²) in [7, 11) is 0. The number of rotatable bonds is 5. The van der Waals surface area contributed by atoms with E-state index in [-0.39, 0.29) is 11.9 Å². The number of carbonyl (C=O) groups is 1. The molecule has 0 spiro atoms. The number of benzene rings is 3. The van der Waals surface area contributed by atoms with Crippen LogP contribution in [0.5, 0.6) is 0 Å². The maximum Gasteiger partial charge on any atom is 0.251 e. The van der Waals surface area contributed by atoms with Crippen LogP contribution >= 0.6 is 0 Å². The van der Waals surface area contributed by atoms with Crippen molar-refractivity contribution >= 4 is 34.1 Å². The molecule has 3 aromatic carbocycles. The smallest absolute Gasteiger partial charge is 0.251 e. The Morgan fingerprint density at radius 3 is 2.36 bits per heavy atom. The van der Waals surface area contributed by atoms with Gasteiger partial charge in [0, 0.05) is 11.3 Å². The molecule has 0 aliphatic rings. The van der Waals surface area contributed by atoms with Crippen LogP contribution in [0.25, 0.3) is 16.7 Å². The van der Waals surface area contributed by atoms with Gasteiger partial charge in [0.05, 0.1) is 17.1 Å². The first-order valence-electron chi connectivity index (χ1n) is 10.9. The maximum atomic E-state index is 12.6. The molecule has 33 heavy (non-hydrogen) atoms. The van der Waals surface area contributed by atoms with Crippen LogP contribution in [0.4, 0.5) is 11.5 Å². The van der Waals surface area contributed by atoms with Gasteiger partial charge in [-0.25, -0.2) is 4.98 Å². The molecular formula is C25H25N7O. The van der Waals surface area contributed by atoms with E-state index < -0.39 is 0 Å². The summed E-state index contributed by atoms with van der Waals surface area (Å²) in [4.78, 5) is 17.3. The first-order chi connectivity index (χ1) is 16.2. The van der Waals surface area contributed by atoms with Crippen molar-refractivity contribution < 1.29 is 4.79 Å². The van der Waals surface area contributed by atoms with Gasteiger partial charge in [-0.05, 0) is 59.3 Å². The number of aromatic nitrogens is 5. The Morgan fingerprint density at radius 2 is 1.61 bits per heavy atom. The van der Waals surface area contributed by atoms with Gasteiger partial charge >= 0.3 is 0 Å². The largest absolute Gasteiger partial charge is 0.346 e. The molecule has 8 heteroatoms. The van der Waals surface area contributed by atoms with Crippen molar-refractivity contribution in [2.75, 3.05) is 5.32 Å². The molecule has 5 rings (SSSR count). The van der Waals surface area contributed by atoms with Crippen LogP contribution in [0.15, 0.2) is 78.9 Å². The average molecular weight is 440 g/mol. The first-order valence-corrected chi connectivity index (χ1v) is 10.9. The highest BCUT2D eigenvalue weighted by Gasteiger charge is 2.13. The van der Waals surface area contributed by atoms with Gasteiger partial charge in [-0.3, -0.25) is 4.79 Å². The van der Waals surface area contributed by atoms with E-state index >= 15 is 0 Å². The van der Waals surface area contributed by atoms with E-state index in [2.05, 4.69) is 31.1 Å². The maximum absolute atomic E-state index is 12.6. The van der Waals surface area contributed by atoms with Gasteiger partial charge in [0.15, 0.2) is 5.82 Å². The van der Waals surface area contributed by atoms with Crippen LogP contribution in [-0.4, -0.2) is 30.9 Å². The number of hydrogen-bond donors (Lipinski definition) is 2. The van der Waals surface area contributed by atoms with Crippen molar-refractivity contribution in [1.82, 2.24) is 30.3 Å². The Hall–Kier alpha value is -4.33. The van der Waals surface area contributed by atoms with Crippen LogP contribution in [0, 0.1) is 0 Å². The summed E-state index contributed by atoms with van der Waals surface area (Å²) in [6.07, 6.45) is 0. The number of tetrazole rings is 1. The molecule has 1 amide bonds. The molecule has 0 aliphatic carbocycles. The van der Waals surface area contributed by atoms with Crippen LogP contribution in [0.1, 0.15) is 42.7 Å². The number of carbonyl (C=O) groups excluding carboxylic acids is 1. The zero-order valence-electron chi connectivity index (χ0n) is 18.7. The molecule has 0 bridgehead atoms. The fourth-order valence-electron chi connectivity index (χ4n) is 3.44. The van der Waals surface area contributed by atoms with Gasteiger partial charge in [-0.15, -0.1) is 5.10 Å². The fraction of sp³-hybridized carbons (Fsp3) is 0.160. The van der Waals surface area contributed by atoms with Crippen LogP contribution in [-0.2, 0) is 0 Å². The molecule has 166 valence electrons. The van der Waals surface area contributed by atoms with Crippen LogP contribution in [0.3, 0.4) is 0 Å². The summed E-state index contributed by atoms with van der Waals surface area (Å²) in [6, 6.07) is 24.6. The van der Waals surface area contributed by atoms with Crippen molar-refractivity contribution in [2.45, 2.75) is 26.8 Å². The molecule has 0 fully saturated rings. The topological polar surface area (TPSA) is 97.1 Å². The highest BCUT2D eigenvalue weighted by molar-refractivity contribution is 5.95. The minimum absolute atomic E-state index is 0.0815. The number of amides is 1. The summed E-state index contributed by atoms with van der Waals surface area (Å²) in [5.74, 6) is 0.411. The molecular weight excluding hydrogens is 414 g/mol. The zero-order chi connectivity index (χ0) is 23.2. The fourth-order valence-corrected chi connectivity index (χ4v) is 3.44. The van der Waals surface area contributed by atoms with Crippen molar-refractivity contribution in [3.05, 3.63) is 90.0 Å². The van der Waals surface area contributed by atoms with E-state index in [1.165, 1.54) is 0 Å². The molecule has 2 N–H and O–H groups in total. The Bertz CT molecular complexity index is 1360. The normalized spacial score (nSPS) is 11.5. The Balaban J connectivity index is 0.00000126. The van der Waals surface area contributed by atoms with E-state index in [9.17, 15) is 4.79 Å². The summed E-state index contributed by atoms with van der Waals surface area (Å²) in [6.45, 7) is 5.96. The van der Waals surface area contributed by atoms with Gasteiger partial charge < -0.3 is 10.6 Å². The summed E-state index contributed by atoms with van der Waals surface area (Å²) in [5, 5.41) is 18.2. The van der Waals surface area contributed by atoms with E-state index in [0.29, 0.717) is 17.0 Å². The molecule has 5 aromatic rings. The van der Waals surface area contributed by atoms with E-state index in [4.69, 9.17) is 0 Å². The molecule has 2 aromatic heterocycles. The number of nitrogens with one attached hydrogen (secondary N) is 2. The highest BCUT2D eigenvalue weighted by Crippen LogP contribution is 2.23. The number of fused-ring (bicyclic) bond motifs is 3. The number of hydrogen-bond acceptors (Lipinski definition) is 6. The molecule has 2 heterocycles. The zero-order valence-corrected chi connectivity index (χ0v) is 18.7. The quantitative estimate of drug-likeness (QED) is 0.403. The van der Waals surface area contributed by atoms with E-state index in [1.54, 1.807) is 16.6 Å². The van der Waals surface area contributed by atoms with Gasteiger partial charge in [-0.2, -0.15) is 4.52 Å². The number of anilines is 2. The average Bonchev–Trinajstić information content (AvgIpc) is 3.37. The number of para-hydroxylation sites is 2. The third kappa shape index (κ3) is 4.64. The minimum Gasteiger partial charge on any atom is -0.346 e. The van der Waals surface area contributed by atoms with Crippen LogP contribution in [0.2, 0.25) is 0 Å². The van der Waals surface area contributed by atoms with E-state index in [0.717, 1.165) is 22.3 Å². The lowest BCUT2D eigenvalue weighted by Crippen LogP contribution is -2.26. The van der Waals surface area contributed by atoms with Crippen LogP contribution < -0.4 is 10.6 Å². The Morgan fingerprint density at radius 1 is 0.909 bits per heavy atom. The number of nitrogens with zero attached hydrogens (tertiary/aromatic N) is 5. The second-order valence-electron chi connectivity index (χ2n) is 7.17. The van der Waals surface area contributed by atoms with Gasteiger partial charge in [0.1, 0.15) is 0 Å². The summed E-state index contributed by atoms with van der Waals surface area (Å²) < 4.78 is 1.65. The Kier molecular flexibility index (Phi) is 6.54. The molecule has 0 saturated carbocycles. The monoisotopic (exact) mass is 439 g/mol. The summed E-state index contributed by atoms with van der Waals surface area (Å²) in [5.41, 5.74) is 4.54. The summed E-state index contributed by atoms with van der Waals surface area (Å²) >= 11 is 0. The third-order valence-corrected chi connectivity index (χ3v) is 5.08. The first kappa shape index (κ1) is 21.9. The van der Waals surface area contributed by atoms with Gasteiger partial charge in [0.2, 0.25) is 5.65 Å². The minimum atomic E-state index is -0.129. The predicted octanol–water partition coefficient (Wildman–Crippen LogP) is 4.93. The lowest BCUT2D eigenvalue weighted by Gasteiger charge is -2.14. The molecule has 8 nitrogen and oxygen atoms in total. The van der Waals surface area contributed by atoms with Crippen molar-refractivity contribution in [2.24, 2.45) is 0 Å². The third-order valence-electron chi connectivity index (χ3n) is 5.08. The van der Waals surface area contributed by atoms with E-state index in [1.807, 2.05) is 87.5 Å². The van der Waals surface area contributed by atoms with Crippen molar-refractivity contribution in [3.8, 4) is 0 Å². The lowest BCUT2D eigenvalue weighted by atomic mass is 10.1. The van der Waals surface area contributed by atoms with Gasteiger partial charge in [0.25, 0.3) is 5.91 Å².